The summed E-state index contributed by atoms with van der Waals surface area (Å²) in [4.78, 5) is 2.04. The molecule has 0 saturated heterocycles. The molecule has 0 bridgehead atoms. The molecule has 1 heterocycles. The Morgan fingerprint density at radius 3 is 2.68 bits per heavy atom. The molecular weight excluding hydrogens is 297 g/mol. The fourth-order valence-electron chi connectivity index (χ4n) is 2.48. The molecule has 2 aromatic rings. The number of benzene rings is 1. The van der Waals surface area contributed by atoms with Crippen molar-refractivity contribution < 1.29 is 4.39 Å². The molecule has 0 aliphatic carbocycles. The Morgan fingerprint density at radius 2 is 2.05 bits per heavy atom. The van der Waals surface area contributed by atoms with Crippen molar-refractivity contribution in [1.29, 1.82) is 5.26 Å². The Balaban J connectivity index is 2.24. The molecule has 0 fully saturated rings. The third-order valence-electron chi connectivity index (χ3n) is 3.54. The van der Waals surface area contributed by atoms with Gasteiger partial charge in [0.15, 0.2) is 0 Å². The topological polar surface area (TPSA) is 32.0 Å². The van der Waals surface area contributed by atoms with Gasteiger partial charge < -0.3 is 4.57 Å². The minimum absolute atomic E-state index is 0.235. The quantitative estimate of drug-likeness (QED) is 0.801. The van der Waals surface area contributed by atoms with E-state index in [2.05, 4.69) is 6.07 Å². The molecule has 1 aromatic carbocycles. The maximum absolute atomic E-state index is 13.2. The summed E-state index contributed by atoms with van der Waals surface area (Å²) in [6.07, 6.45) is 0. The summed E-state index contributed by atoms with van der Waals surface area (Å²) in [6.45, 7) is 5.02. The van der Waals surface area contributed by atoms with Crippen LogP contribution in [-0.4, -0.2) is 16.5 Å². The Labute approximate surface area is 135 Å². The Hall–Kier alpha value is -2.03. The van der Waals surface area contributed by atoms with E-state index in [1.807, 2.05) is 42.5 Å². The van der Waals surface area contributed by atoms with E-state index in [9.17, 15) is 9.65 Å². The van der Waals surface area contributed by atoms with E-state index in [4.69, 9.17) is 12.2 Å². The number of halogens is 1. The van der Waals surface area contributed by atoms with Crippen LogP contribution in [0.5, 0.6) is 0 Å². The van der Waals surface area contributed by atoms with Crippen molar-refractivity contribution in [2.45, 2.75) is 27.1 Å². The fourth-order valence-corrected chi connectivity index (χ4v) is 2.89. The Kier molecular flexibility index (Phi) is 5.07. The minimum atomic E-state index is -0.235. The van der Waals surface area contributed by atoms with Crippen LogP contribution in [0.15, 0.2) is 30.3 Å². The Morgan fingerprint density at radius 1 is 1.32 bits per heavy atom. The summed E-state index contributed by atoms with van der Waals surface area (Å²) >= 11 is 5.42. The van der Waals surface area contributed by atoms with Crippen LogP contribution >= 0.6 is 12.2 Å². The van der Waals surface area contributed by atoms with Crippen molar-refractivity contribution in [3.63, 3.8) is 0 Å². The number of hydrogen-bond acceptors (Lipinski definition) is 3. The van der Waals surface area contributed by atoms with Gasteiger partial charge in [-0.2, -0.15) is 5.26 Å². The van der Waals surface area contributed by atoms with Crippen LogP contribution in [0.3, 0.4) is 0 Å². The first-order valence-corrected chi connectivity index (χ1v) is 7.37. The van der Waals surface area contributed by atoms with E-state index in [0.29, 0.717) is 23.4 Å². The van der Waals surface area contributed by atoms with Gasteiger partial charge in [0.2, 0.25) is 0 Å². The van der Waals surface area contributed by atoms with Gasteiger partial charge in [-0.1, -0.05) is 24.4 Å². The third-order valence-corrected chi connectivity index (χ3v) is 3.97. The van der Waals surface area contributed by atoms with Crippen molar-refractivity contribution in [1.82, 2.24) is 9.47 Å². The fraction of sp³-hybridized carbons (Fsp3) is 0.294. The number of pyridine rings is 1. The average Bonchev–Trinajstić information content (AvgIpc) is 2.43. The smallest absolute Gasteiger partial charge is 0.125 e. The lowest BCUT2D eigenvalue weighted by atomic mass is 10.1. The number of hydrogen-bond donors (Lipinski definition) is 0. The monoisotopic (exact) mass is 315 g/mol. The predicted molar refractivity (Wildman–Crippen MR) is 87.3 cm³/mol. The van der Waals surface area contributed by atoms with Crippen LogP contribution < -0.4 is 0 Å². The number of aryl methyl sites for hydroxylation is 2. The van der Waals surface area contributed by atoms with Gasteiger partial charge in [-0.25, -0.2) is 4.39 Å². The van der Waals surface area contributed by atoms with Gasteiger partial charge in [-0.05, 0) is 50.2 Å². The van der Waals surface area contributed by atoms with E-state index in [-0.39, 0.29) is 5.82 Å². The normalized spacial score (nSPS) is 10.7. The summed E-state index contributed by atoms with van der Waals surface area (Å²) in [5.74, 6) is -0.235. The highest BCUT2D eigenvalue weighted by molar-refractivity contribution is 7.71. The van der Waals surface area contributed by atoms with E-state index < -0.39 is 0 Å². The molecule has 114 valence electrons. The molecule has 0 amide bonds. The lowest BCUT2D eigenvalue weighted by Gasteiger charge is -2.21. The van der Waals surface area contributed by atoms with E-state index in [0.717, 1.165) is 16.8 Å². The van der Waals surface area contributed by atoms with Gasteiger partial charge in [0.1, 0.15) is 16.5 Å². The second kappa shape index (κ2) is 6.82. The van der Waals surface area contributed by atoms with E-state index in [1.54, 1.807) is 6.07 Å². The maximum atomic E-state index is 13.2. The first kappa shape index (κ1) is 16.3. The SMILES string of the molecule is Cc1cc(C)n(CN(C)Cc2cccc(F)c2)c(=S)c1C#N. The highest BCUT2D eigenvalue weighted by Crippen LogP contribution is 2.14. The van der Waals surface area contributed by atoms with Crippen LogP contribution in [0.4, 0.5) is 4.39 Å². The predicted octanol–water partition coefficient (Wildman–Crippen LogP) is 3.93. The number of nitriles is 1. The first-order chi connectivity index (χ1) is 10.4. The van der Waals surface area contributed by atoms with Crippen LogP contribution in [0, 0.1) is 35.6 Å². The zero-order valence-corrected chi connectivity index (χ0v) is 13.7. The van der Waals surface area contributed by atoms with Crippen LogP contribution in [0.2, 0.25) is 0 Å². The second-order valence-electron chi connectivity index (χ2n) is 5.47. The zero-order valence-electron chi connectivity index (χ0n) is 12.9. The standard InChI is InChI=1S/C17H18FN3S/c1-12-7-13(2)21(17(22)16(12)9-19)11-20(3)10-14-5-4-6-15(18)8-14/h4-8H,10-11H2,1-3H3. The highest BCUT2D eigenvalue weighted by Gasteiger charge is 2.09. The van der Waals surface area contributed by atoms with Crippen molar-refractivity contribution in [2.75, 3.05) is 7.05 Å². The molecule has 2 rings (SSSR count). The molecule has 0 unspecified atom stereocenters. The molecule has 1 aromatic heterocycles. The van der Waals surface area contributed by atoms with Gasteiger partial charge in [0.25, 0.3) is 0 Å². The number of aromatic nitrogens is 1. The molecule has 5 heteroatoms. The second-order valence-corrected chi connectivity index (χ2v) is 5.86. The number of nitrogens with zero attached hydrogens (tertiary/aromatic N) is 3. The summed E-state index contributed by atoms with van der Waals surface area (Å²) < 4.78 is 15.7. The van der Waals surface area contributed by atoms with Gasteiger partial charge in [0.05, 0.1) is 12.2 Å². The van der Waals surface area contributed by atoms with Crippen molar-refractivity contribution in [3.8, 4) is 6.07 Å². The van der Waals surface area contributed by atoms with Crippen molar-refractivity contribution >= 4 is 12.2 Å². The van der Waals surface area contributed by atoms with E-state index >= 15 is 0 Å². The first-order valence-electron chi connectivity index (χ1n) is 6.96. The van der Waals surface area contributed by atoms with Gasteiger partial charge in [0, 0.05) is 12.2 Å². The third kappa shape index (κ3) is 3.59. The van der Waals surface area contributed by atoms with Gasteiger partial charge >= 0.3 is 0 Å². The van der Waals surface area contributed by atoms with Crippen LogP contribution in [0.25, 0.3) is 0 Å². The van der Waals surface area contributed by atoms with Crippen molar-refractivity contribution in [2.24, 2.45) is 0 Å². The lowest BCUT2D eigenvalue weighted by Crippen LogP contribution is -2.24. The maximum Gasteiger partial charge on any atom is 0.125 e. The molecule has 0 saturated carbocycles. The lowest BCUT2D eigenvalue weighted by molar-refractivity contribution is 0.255. The molecule has 22 heavy (non-hydrogen) atoms. The minimum Gasteiger partial charge on any atom is -0.322 e. The Bertz CT molecular complexity index is 789. The molecule has 0 spiro atoms. The summed E-state index contributed by atoms with van der Waals surface area (Å²) in [5.41, 5.74) is 3.35. The molecule has 0 radical (unpaired) electrons. The molecule has 0 aliphatic rings. The molecule has 3 nitrogen and oxygen atoms in total. The average molecular weight is 315 g/mol. The summed E-state index contributed by atoms with van der Waals surface area (Å²) in [5, 5.41) is 9.23. The highest BCUT2D eigenvalue weighted by atomic mass is 32.1. The number of rotatable bonds is 4. The summed E-state index contributed by atoms with van der Waals surface area (Å²) in [7, 11) is 1.94. The largest absolute Gasteiger partial charge is 0.322 e. The molecule has 0 aliphatic heterocycles. The molecular formula is C17H18FN3S. The van der Waals surface area contributed by atoms with Gasteiger partial charge in [-0.15, -0.1) is 0 Å². The molecule has 0 N–H and O–H groups in total. The summed E-state index contributed by atoms with van der Waals surface area (Å²) in [6, 6.07) is 10.7. The van der Waals surface area contributed by atoms with Crippen LogP contribution in [-0.2, 0) is 13.2 Å². The van der Waals surface area contributed by atoms with Gasteiger partial charge in [-0.3, -0.25) is 4.90 Å². The van der Waals surface area contributed by atoms with E-state index in [1.165, 1.54) is 12.1 Å². The van der Waals surface area contributed by atoms with Crippen molar-refractivity contribution in [3.05, 3.63) is 63.2 Å². The zero-order chi connectivity index (χ0) is 16.3. The molecule has 0 atom stereocenters. The van der Waals surface area contributed by atoms with Crippen LogP contribution in [0.1, 0.15) is 22.4 Å².